The number of hydrogen-bond acceptors (Lipinski definition) is 4. The highest BCUT2D eigenvalue weighted by Gasteiger charge is 2.09. The number of carbonyl (C=O) groups excluding carboxylic acids is 1. The van der Waals surface area contributed by atoms with Gasteiger partial charge in [0.15, 0.2) is 0 Å². The van der Waals surface area contributed by atoms with E-state index in [1.807, 2.05) is 48.5 Å². The molecular formula is C21H20N4OS. The topological polar surface area (TPSA) is 59.8 Å². The van der Waals surface area contributed by atoms with Crippen molar-refractivity contribution in [3.8, 4) is 0 Å². The van der Waals surface area contributed by atoms with Gasteiger partial charge in [0, 0.05) is 19.2 Å². The lowest BCUT2D eigenvalue weighted by Gasteiger charge is -2.03. The lowest BCUT2D eigenvalue weighted by atomic mass is 10.2. The molecule has 6 heteroatoms. The molecule has 0 aliphatic carbocycles. The Morgan fingerprint density at radius 1 is 1.07 bits per heavy atom. The first kappa shape index (κ1) is 17.4. The van der Waals surface area contributed by atoms with Crippen molar-refractivity contribution in [1.29, 1.82) is 0 Å². The Balaban J connectivity index is 1.25. The van der Waals surface area contributed by atoms with Crippen molar-refractivity contribution in [3.05, 3.63) is 83.1 Å². The molecule has 2 aromatic heterocycles. The van der Waals surface area contributed by atoms with Crippen molar-refractivity contribution < 1.29 is 4.79 Å². The molecule has 136 valence electrons. The SMILES string of the molecule is O=C(NCCCc1nc2ccccc2s1)c1cnn(Cc2ccccc2)c1. The number of hydrogen-bond donors (Lipinski definition) is 1. The maximum atomic E-state index is 12.3. The standard InChI is InChI=1S/C21H20N4OS/c26-21(17-13-23-25(15-17)14-16-7-2-1-3-8-16)22-12-6-11-20-24-18-9-4-5-10-19(18)27-20/h1-5,7-10,13,15H,6,11-12,14H2,(H,22,26). The summed E-state index contributed by atoms with van der Waals surface area (Å²) in [5.41, 5.74) is 2.79. The molecule has 27 heavy (non-hydrogen) atoms. The second-order valence-electron chi connectivity index (χ2n) is 6.35. The van der Waals surface area contributed by atoms with Crippen LogP contribution in [0.15, 0.2) is 67.0 Å². The molecular weight excluding hydrogens is 356 g/mol. The first-order valence-corrected chi connectivity index (χ1v) is 9.78. The maximum Gasteiger partial charge on any atom is 0.254 e. The molecule has 0 aliphatic rings. The van der Waals surface area contributed by atoms with Crippen LogP contribution >= 0.6 is 11.3 Å². The fraction of sp³-hybridized carbons (Fsp3) is 0.190. The molecule has 1 N–H and O–H groups in total. The van der Waals surface area contributed by atoms with Crippen molar-refractivity contribution in [2.45, 2.75) is 19.4 Å². The van der Waals surface area contributed by atoms with Gasteiger partial charge < -0.3 is 5.32 Å². The van der Waals surface area contributed by atoms with Gasteiger partial charge in [-0.2, -0.15) is 5.10 Å². The number of aromatic nitrogens is 3. The van der Waals surface area contributed by atoms with E-state index in [9.17, 15) is 4.79 Å². The Kier molecular flexibility index (Phi) is 5.25. The summed E-state index contributed by atoms with van der Waals surface area (Å²) < 4.78 is 2.99. The molecule has 2 aromatic carbocycles. The summed E-state index contributed by atoms with van der Waals surface area (Å²) >= 11 is 1.72. The zero-order valence-corrected chi connectivity index (χ0v) is 15.7. The lowest BCUT2D eigenvalue weighted by molar-refractivity contribution is 0.0953. The number of thiazole rings is 1. The van der Waals surface area contributed by atoms with Crippen LogP contribution in [-0.2, 0) is 13.0 Å². The normalized spacial score (nSPS) is 11.0. The van der Waals surface area contributed by atoms with Gasteiger partial charge in [-0.15, -0.1) is 11.3 Å². The second kappa shape index (κ2) is 8.14. The van der Waals surface area contributed by atoms with Gasteiger partial charge in [-0.05, 0) is 24.1 Å². The molecule has 0 aliphatic heterocycles. The zero-order valence-electron chi connectivity index (χ0n) is 14.8. The van der Waals surface area contributed by atoms with Gasteiger partial charge in [-0.25, -0.2) is 4.98 Å². The predicted octanol–water partition coefficient (Wildman–Crippen LogP) is 3.90. The first-order valence-electron chi connectivity index (χ1n) is 8.97. The number of benzene rings is 2. The lowest BCUT2D eigenvalue weighted by Crippen LogP contribution is -2.24. The van der Waals surface area contributed by atoms with E-state index < -0.39 is 0 Å². The molecule has 1 amide bonds. The predicted molar refractivity (Wildman–Crippen MR) is 108 cm³/mol. The third-order valence-corrected chi connectivity index (χ3v) is 5.37. The third-order valence-electron chi connectivity index (χ3n) is 4.27. The van der Waals surface area contributed by atoms with Crippen molar-refractivity contribution in [3.63, 3.8) is 0 Å². The molecule has 4 aromatic rings. The minimum absolute atomic E-state index is 0.0846. The summed E-state index contributed by atoms with van der Waals surface area (Å²) in [6, 6.07) is 18.2. The summed E-state index contributed by atoms with van der Waals surface area (Å²) in [7, 11) is 0. The van der Waals surface area contributed by atoms with Crippen LogP contribution in [0.3, 0.4) is 0 Å². The number of amides is 1. The average Bonchev–Trinajstić information content (AvgIpc) is 3.32. The Labute approximate surface area is 161 Å². The number of para-hydroxylation sites is 1. The minimum atomic E-state index is -0.0846. The molecule has 0 bridgehead atoms. The summed E-state index contributed by atoms with van der Waals surface area (Å²) in [5.74, 6) is -0.0846. The number of nitrogens with one attached hydrogen (secondary N) is 1. The van der Waals surface area contributed by atoms with E-state index >= 15 is 0 Å². The van der Waals surface area contributed by atoms with E-state index in [1.165, 1.54) is 4.70 Å². The van der Waals surface area contributed by atoms with Crippen LogP contribution < -0.4 is 5.32 Å². The quantitative estimate of drug-likeness (QED) is 0.498. The Hall–Kier alpha value is -2.99. The van der Waals surface area contributed by atoms with Gasteiger partial charge in [-0.3, -0.25) is 9.48 Å². The molecule has 5 nitrogen and oxygen atoms in total. The largest absolute Gasteiger partial charge is 0.352 e. The Bertz CT molecular complexity index is 1010. The number of rotatable bonds is 7. The van der Waals surface area contributed by atoms with Crippen LogP contribution in [-0.4, -0.2) is 27.2 Å². The van der Waals surface area contributed by atoms with E-state index in [2.05, 4.69) is 21.5 Å². The van der Waals surface area contributed by atoms with Crippen LogP contribution in [0, 0.1) is 0 Å². The van der Waals surface area contributed by atoms with E-state index in [0.717, 1.165) is 28.9 Å². The van der Waals surface area contributed by atoms with Crippen LogP contribution in [0.5, 0.6) is 0 Å². The number of fused-ring (bicyclic) bond motifs is 1. The van der Waals surface area contributed by atoms with Gasteiger partial charge in [0.25, 0.3) is 5.91 Å². The molecule has 0 spiro atoms. The monoisotopic (exact) mass is 376 g/mol. The highest BCUT2D eigenvalue weighted by Crippen LogP contribution is 2.22. The van der Waals surface area contributed by atoms with Crippen LogP contribution in [0.25, 0.3) is 10.2 Å². The highest BCUT2D eigenvalue weighted by molar-refractivity contribution is 7.18. The molecule has 0 saturated heterocycles. The van der Waals surface area contributed by atoms with Gasteiger partial charge in [0.05, 0.1) is 33.5 Å². The molecule has 0 atom stereocenters. The van der Waals surface area contributed by atoms with Crippen LogP contribution in [0.2, 0.25) is 0 Å². The van der Waals surface area contributed by atoms with Crippen LogP contribution in [0.1, 0.15) is 27.3 Å². The summed E-state index contributed by atoms with van der Waals surface area (Å²) in [5, 5.41) is 8.36. The molecule has 0 fully saturated rings. The molecule has 0 unspecified atom stereocenters. The fourth-order valence-corrected chi connectivity index (χ4v) is 3.92. The minimum Gasteiger partial charge on any atom is -0.352 e. The number of carbonyl (C=O) groups is 1. The molecule has 2 heterocycles. The molecule has 4 rings (SSSR count). The smallest absolute Gasteiger partial charge is 0.254 e. The number of aryl methyl sites for hydroxylation is 1. The summed E-state index contributed by atoms with van der Waals surface area (Å²) in [6.07, 6.45) is 5.14. The van der Waals surface area contributed by atoms with E-state index in [-0.39, 0.29) is 5.91 Å². The van der Waals surface area contributed by atoms with E-state index in [1.54, 1.807) is 28.4 Å². The van der Waals surface area contributed by atoms with Gasteiger partial charge in [0.2, 0.25) is 0 Å². The van der Waals surface area contributed by atoms with Gasteiger partial charge in [0.1, 0.15) is 0 Å². The summed E-state index contributed by atoms with van der Waals surface area (Å²) in [6.45, 7) is 1.28. The van der Waals surface area contributed by atoms with Crippen molar-refractivity contribution in [2.75, 3.05) is 6.54 Å². The second-order valence-corrected chi connectivity index (χ2v) is 7.46. The average molecular weight is 376 g/mol. The Morgan fingerprint density at radius 2 is 1.89 bits per heavy atom. The molecule has 0 saturated carbocycles. The van der Waals surface area contributed by atoms with Crippen molar-refractivity contribution in [2.24, 2.45) is 0 Å². The van der Waals surface area contributed by atoms with Crippen molar-refractivity contribution >= 4 is 27.5 Å². The van der Waals surface area contributed by atoms with Gasteiger partial charge >= 0.3 is 0 Å². The molecule has 0 radical (unpaired) electrons. The highest BCUT2D eigenvalue weighted by atomic mass is 32.1. The maximum absolute atomic E-state index is 12.3. The fourth-order valence-electron chi connectivity index (χ4n) is 2.91. The van der Waals surface area contributed by atoms with Gasteiger partial charge in [-0.1, -0.05) is 42.5 Å². The van der Waals surface area contributed by atoms with Crippen molar-refractivity contribution in [1.82, 2.24) is 20.1 Å². The number of nitrogens with zero attached hydrogens (tertiary/aromatic N) is 3. The third kappa shape index (κ3) is 4.41. The zero-order chi connectivity index (χ0) is 18.5. The Morgan fingerprint density at radius 3 is 2.74 bits per heavy atom. The van der Waals surface area contributed by atoms with E-state index in [0.29, 0.717) is 18.7 Å². The van der Waals surface area contributed by atoms with E-state index in [4.69, 9.17) is 0 Å². The van der Waals surface area contributed by atoms with Crippen LogP contribution in [0.4, 0.5) is 0 Å². The first-order chi connectivity index (χ1) is 13.3. The summed E-state index contributed by atoms with van der Waals surface area (Å²) in [4.78, 5) is 16.9.